The summed E-state index contributed by atoms with van der Waals surface area (Å²) in [5, 5.41) is 12.5. The second-order valence-corrected chi connectivity index (χ2v) is 5.25. The van der Waals surface area contributed by atoms with Gasteiger partial charge < -0.3 is 20.1 Å². The Morgan fingerprint density at radius 3 is 2.47 bits per heavy atom. The van der Waals surface area contributed by atoms with Crippen LogP contribution in [0.5, 0.6) is 0 Å². The molecule has 1 amide bonds. The first-order valence-electron chi connectivity index (χ1n) is 6.72. The highest BCUT2D eigenvalue weighted by Gasteiger charge is 2.43. The summed E-state index contributed by atoms with van der Waals surface area (Å²) in [5.74, 6) is -1.46. The van der Waals surface area contributed by atoms with E-state index >= 15 is 0 Å². The molecule has 1 aliphatic heterocycles. The zero-order chi connectivity index (χ0) is 14.6. The van der Waals surface area contributed by atoms with Crippen LogP contribution < -0.4 is 5.32 Å². The molecule has 1 saturated heterocycles. The number of carbonyl (C=O) groups is 2. The first kappa shape index (κ1) is 15.9. The number of carboxylic acid groups (broad SMARTS) is 1. The van der Waals surface area contributed by atoms with Gasteiger partial charge in [-0.3, -0.25) is 4.79 Å². The third kappa shape index (κ3) is 3.25. The molecular formula is C13H24N2O4. The van der Waals surface area contributed by atoms with Crippen molar-refractivity contribution in [3.05, 3.63) is 0 Å². The molecule has 0 aromatic heterocycles. The Labute approximate surface area is 114 Å². The molecule has 6 nitrogen and oxygen atoms in total. The van der Waals surface area contributed by atoms with E-state index in [0.29, 0.717) is 19.8 Å². The lowest BCUT2D eigenvalue weighted by molar-refractivity contribution is -0.158. The number of aliphatic carboxylic acids is 1. The molecule has 0 bridgehead atoms. The van der Waals surface area contributed by atoms with Gasteiger partial charge in [0.15, 0.2) is 0 Å². The van der Waals surface area contributed by atoms with E-state index in [1.54, 1.807) is 20.8 Å². The van der Waals surface area contributed by atoms with Gasteiger partial charge in [-0.15, -0.1) is 0 Å². The molecule has 0 radical (unpaired) electrons. The quantitative estimate of drug-likeness (QED) is 0.728. The summed E-state index contributed by atoms with van der Waals surface area (Å²) < 4.78 is 5.35. The van der Waals surface area contributed by atoms with Crippen LogP contribution in [-0.2, 0) is 14.3 Å². The number of likely N-dealkylation sites (N-methyl/N-ethyl adjacent to an activating group) is 2. The van der Waals surface area contributed by atoms with Crippen LogP contribution in [0.2, 0.25) is 0 Å². The summed E-state index contributed by atoms with van der Waals surface area (Å²) in [4.78, 5) is 25.3. The highest BCUT2D eigenvalue weighted by atomic mass is 16.5. The smallest absolute Gasteiger partial charge is 0.329 e. The molecule has 0 aromatic carbocycles. The Morgan fingerprint density at radius 1 is 1.37 bits per heavy atom. The minimum absolute atomic E-state index is 0.0313. The fourth-order valence-corrected chi connectivity index (χ4v) is 2.40. The van der Waals surface area contributed by atoms with Crippen LogP contribution in [-0.4, -0.2) is 59.8 Å². The second-order valence-electron chi connectivity index (χ2n) is 5.25. The van der Waals surface area contributed by atoms with Crippen molar-refractivity contribution >= 4 is 11.9 Å². The largest absolute Gasteiger partial charge is 0.480 e. The summed E-state index contributed by atoms with van der Waals surface area (Å²) in [6.45, 7) is 8.83. The van der Waals surface area contributed by atoms with Crippen molar-refractivity contribution < 1.29 is 19.4 Å². The third-order valence-corrected chi connectivity index (χ3v) is 3.64. The molecule has 19 heavy (non-hydrogen) atoms. The summed E-state index contributed by atoms with van der Waals surface area (Å²) in [6.07, 6.45) is 0. The fourth-order valence-electron chi connectivity index (χ4n) is 2.40. The molecule has 2 atom stereocenters. The van der Waals surface area contributed by atoms with Crippen LogP contribution in [0.3, 0.4) is 0 Å². The van der Waals surface area contributed by atoms with Crippen LogP contribution in [0.1, 0.15) is 27.7 Å². The van der Waals surface area contributed by atoms with Crippen LogP contribution in [0.4, 0.5) is 0 Å². The number of carbonyl (C=O) groups excluding carboxylic acids is 1. The average molecular weight is 272 g/mol. The SMILES string of the molecule is CCNC1COCC1C(=O)N(CC)C(C)(C)C(=O)O. The van der Waals surface area contributed by atoms with Crippen molar-refractivity contribution in [2.45, 2.75) is 39.3 Å². The highest BCUT2D eigenvalue weighted by Crippen LogP contribution is 2.22. The lowest BCUT2D eigenvalue weighted by Gasteiger charge is -2.36. The van der Waals surface area contributed by atoms with E-state index in [1.807, 2.05) is 6.92 Å². The van der Waals surface area contributed by atoms with Crippen molar-refractivity contribution in [3.63, 3.8) is 0 Å². The molecule has 0 spiro atoms. The van der Waals surface area contributed by atoms with E-state index in [0.717, 1.165) is 6.54 Å². The molecule has 2 N–H and O–H groups in total. The minimum Gasteiger partial charge on any atom is -0.480 e. The fraction of sp³-hybridized carbons (Fsp3) is 0.846. The maximum atomic E-state index is 12.6. The normalized spacial score (nSPS) is 23.4. The van der Waals surface area contributed by atoms with E-state index < -0.39 is 11.5 Å². The molecule has 2 unspecified atom stereocenters. The Bertz CT molecular complexity index is 344. The zero-order valence-corrected chi connectivity index (χ0v) is 12.1. The lowest BCUT2D eigenvalue weighted by Crippen LogP contribution is -2.56. The summed E-state index contributed by atoms with van der Waals surface area (Å²) in [5.41, 5.74) is -1.20. The lowest BCUT2D eigenvalue weighted by atomic mass is 9.96. The monoisotopic (exact) mass is 272 g/mol. The van der Waals surface area contributed by atoms with Crippen molar-refractivity contribution in [2.75, 3.05) is 26.3 Å². The number of hydrogen-bond acceptors (Lipinski definition) is 4. The standard InChI is InChI=1S/C13H24N2O4/c1-5-14-10-8-19-7-9(10)11(16)15(6-2)13(3,4)12(17)18/h9-10,14H,5-8H2,1-4H3,(H,17,18). The van der Waals surface area contributed by atoms with Crippen LogP contribution in [0.15, 0.2) is 0 Å². The number of nitrogens with one attached hydrogen (secondary N) is 1. The molecule has 110 valence electrons. The van der Waals surface area contributed by atoms with Gasteiger partial charge in [0.1, 0.15) is 5.54 Å². The average Bonchev–Trinajstić information content (AvgIpc) is 2.78. The molecule has 0 aliphatic carbocycles. The predicted octanol–water partition coefficient (Wildman–Crippen LogP) is 0.323. The molecule has 0 saturated carbocycles. The van der Waals surface area contributed by atoms with Crippen molar-refractivity contribution in [1.82, 2.24) is 10.2 Å². The number of ether oxygens (including phenoxy) is 1. The number of rotatable bonds is 6. The van der Waals surface area contributed by atoms with E-state index in [-0.39, 0.29) is 17.9 Å². The predicted molar refractivity (Wildman–Crippen MR) is 70.9 cm³/mol. The summed E-state index contributed by atoms with van der Waals surface area (Å²) in [6, 6.07) is -0.0313. The molecule has 6 heteroatoms. The molecule has 1 heterocycles. The summed E-state index contributed by atoms with van der Waals surface area (Å²) in [7, 11) is 0. The minimum atomic E-state index is -1.20. The van der Waals surface area contributed by atoms with Gasteiger partial charge in [0.25, 0.3) is 0 Å². The molecule has 1 fully saturated rings. The van der Waals surface area contributed by atoms with Gasteiger partial charge in [0.05, 0.1) is 19.1 Å². The Morgan fingerprint density at radius 2 is 2.00 bits per heavy atom. The summed E-state index contributed by atoms with van der Waals surface area (Å²) >= 11 is 0. The Hall–Kier alpha value is -1.14. The van der Waals surface area contributed by atoms with Gasteiger partial charge >= 0.3 is 5.97 Å². The number of hydrogen-bond donors (Lipinski definition) is 2. The maximum absolute atomic E-state index is 12.6. The molecule has 0 aromatic rings. The topological polar surface area (TPSA) is 78.9 Å². The van der Waals surface area contributed by atoms with Crippen LogP contribution in [0.25, 0.3) is 0 Å². The maximum Gasteiger partial charge on any atom is 0.329 e. The molecular weight excluding hydrogens is 248 g/mol. The van der Waals surface area contributed by atoms with E-state index in [2.05, 4.69) is 5.32 Å². The van der Waals surface area contributed by atoms with E-state index in [1.165, 1.54) is 4.90 Å². The van der Waals surface area contributed by atoms with Gasteiger partial charge in [-0.2, -0.15) is 0 Å². The number of amides is 1. The number of carboxylic acids is 1. The third-order valence-electron chi connectivity index (χ3n) is 3.64. The zero-order valence-electron chi connectivity index (χ0n) is 12.1. The van der Waals surface area contributed by atoms with Crippen molar-refractivity contribution in [3.8, 4) is 0 Å². The van der Waals surface area contributed by atoms with Gasteiger partial charge in [-0.25, -0.2) is 4.79 Å². The first-order chi connectivity index (χ1) is 8.86. The Balaban J connectivity index is 2.87. The van der Waals surface area contributed by atoms with Gasteiger partial charge in [-0.05, 0) is 27.3 Å². The van der Waals surface area contributed by atoms with Gasteiger partial charge in [0.2, 0.25) is 5.91 Å². The van der Waals surface area contributed by atoms with E-state index in [9.17, 15) is 14.7 Å². The molecule has 1 aliphatic rings. The highest BCUT2D eigenvalue weighted by molar-refractivity contribution is 5.88. The van der Waals surface area contributed by atoms with E-state index in [4.69, 9.17) is 4.74 Å². The van der Waals surface area contributed by atoms with Crippen molar-refractivity contribution in [1.29, 1.82) is 0 Å². The van der Waals surface area contributed by atoms with Gasteiger partial charge in [-0.1, -0.05) is 6.92 Å². The van der Waals surface area contributed by atoms with Crippen LogP contribution >= 0.6 is 0 Å². The van der Waals surface area contributed by atoms with Crippen LogP contribution in [0, 0.1) is 5.92 Å². The van der Waals surface area contributed by atoms with Gasteiger partial charge in [0, 0.05) is 12.6 Å². The first-order valence-corrected chi connectivity index (χ1v) is 6.72. The second kappa shape index (κ2) is 6.34. The molecule has 1 rings (SSSR count). The van der Waals surface area contributed by atoms with Crippen molar-refractivity contribution in [2.24, 2.45) is 5.92 Å². The number of nitrogens with zero attached hydrogens (tertiary/aromatic N) is 1. The Kier molecular flexibility index (Phi) is 5.31.